The van der Waals surface area contributed by atoms with E-state index in [1.807, 2.05) is 30.3 Å². The lowest BCUT2D eigenvalue weighted by atomic mass is 10.0. The van der Waals surface area contributed by atoms with Crippen molar-refractivity contribution in [2.75, 3.05) is 6.54 Å². The van der Waals surface area contributed by atoms with Crippen LogP contribution in [0.15, 0.2) is 101 Å². The van der Waals surface area contributed by atoms with Crippen LogP contribution >= 0.6 is 11.6 Å². The number of hydrogen-bond donors (Lipinski definition) is 2. The van der Waals surface area contributed by atoms with Gasteiger partial charge in [0.05, 0.1) is 23.2 Å². The maximum absolute atomic E-state index is 12.6. The number of carbonyl (C=O) groups excluding carboxylic acids is 2. The minimum absolute atomic E-state index is 0.00978. The van der Waals surface area contributed by atoms with Gasteiger partial charge in [-0.2, -0.15) is 5.10 Å². The van der Waals surface area contributed by atoms with Gasteiger partial charge < -0.3 is 4.74 Å². The molecule has 0 aliphatic rings. The third kappa shape index (κ3) is 6.33. The molecule has 2 N–H and O–H groups in total. The average molecular weight is 522 g/mol. The fourth-order valence-corrected chi connectivity index (χ4v) is 4.37. The Morgan fingerprint density at radius 1 is 0.889 bits per heavy atom. The Morgan fingerprint density at radius 3 is 2.33 bits per heavy atom. The summed E-state index contributed by atoms with van der Waals surface area (Å²) in [6, 6.07) is 25.1. The van der Waals surface area contributed by atoms with Gasteiger partial charge in [-0.05, 0) is 70.9 Å². The molecule has 0 atom stereocenters. The number of hydrogen-bond acceptors (Lipinski definition) is 6. The Labute approximate surface area is 212 Å². The third-order valence-corrected chi connectivity index (χ3v) is 6.72. The van der Waals surface area contributed by atoms with E-state index in [4.69, 9.17) is 16.3 Å². The Hall–Kier alpha value is -4.05. The molecule has 0 fully saturated rings. The van der Waals surface area contributed by atoms with Crippen LogP contribution in [-0.4, -0.2) is 33.1 Å². The lowest BCUT2D eigenvalue weighted by molar-refractivity contribution is -0.119. The molecule has 10 heteroatoms. The molecule has 0 unspecified atom stereocenters. The molecule has 182 valence electrons. The summed E-state index contributed by atoms with van der Waals surface area (Å²) >= 11 is 5.76. The van der Waals surface area contributed by atoms with E-state index in [0.717, 1.165) is 10.8 Å². The van der Waals surface area contributed by atoms with Crippen molar-refractivity contribution in [3.63, 3.8) is 0 Å². The van der Waals surface area contributed by atoms with Gasteiger partial charge in [0.15, 0.2) is 0 Å². The molecular formula is C26H20ClN3O5S. The molecule has 0 saturated carbocycles. The van der Waals surface area contributed by atoms with Gasteiger partial charge in [0.1, 0.15) is 5.75 Å². The highest BCUT2D eigenvalue weighted by Crippen LogP contribution is 2.21. The number of esters is 1. The topological polar surface area (TPSA) is 114 Å². The van der Waals surface area contributed by atoms with E-state index < -0.39 is 28.4 Å². The molecule has 0 spiro atoms. The van der Waals surface area contributed by atoms with Crippen LogP contribution in [0.3, 0.4) is 0 Å². The molecule has 4 rings (SSSR count). The molecule has 0 bridgehead atoms. The minimum Gasteiger partial charge on any atom is -0.423 e. The van der Waals surface area contributed by atoms with Gasteiger partial charge in [-0.25, -0.2) is 23.4 Å². The van der Waals surface area contributed by atoms with Crippen LogP contribution in [0.2, 0.25) is 5.02 Å². The zero-order valence-corrected chi connectivity index (χ0v) is 20.3. The number of nitrogens with zero attached hydrogens (tertiary/aromatic N) is 1. The SMILES string of the molecule is O=C(CNS(=O)(=O)c1ccc(Cl)cc1)NN=Cc1ccc(OC(=O)c2cccc3ccccc23)cc1. The van der Waals surface area contributed by atoms with Gasteiger partial charge in [0.25, 0.3) is 5.91 Å². The van der Waals surface area contributed by atoms with Crippen molar-refractivity contribution in [1.29, 1.82) is 0 Å². The predicted octanol–water partition coefficient (Wildman–Crippen LogP) is 4.14. The zero-order chi connectivity index (χ0) is 25.5. The van der Waals surface area contributed by atoms with Gasteiger partial charge in [0.2, 0.25) is 10.0 Å². The summed E-state index contributed by atoms with van der Waals surface area (Å²) in [5, 5.41) is 5.96. The highest BCUT2D eigenvalue weighted by atomic mass is 35.5. The Balaban J connectivity index is 1.29. The normalized spacial score (nSPS) is 11.5. The number of nitrogens with one attached hydrogen (secondary N) is 2. The second-order valence-electron chi connectivity index (χ2n) is 7.56. The summed E-state index contributed by atoms with van der Waals surface area (Å²) in [4.78, 5) is 24.6. The van der Waals surface area contributed by atoms with Gasteiger partial charge in [-0.1, -0.05) is 48.0 Å². The largest absolute Gasteiger partial charge is 0.423 e. The smallest absolute Gasteiger partial charge is 0.344 e. The fraction of sp³-hybridized carbons (Fsp3) is 0.0385. The van der Waals surface area contributed by atoms with Crippen LogP contribution in [0.1, 0.15) is 15.9 Å². The number of hydrazone groups is 1. The summed E-state index contributed by atoms with van der Waals surface area (Å²) in [6.07, 6.45) is 1.38. The first-order valence-corrected chi connectivity index (χ1v) is 12.5. The first kappa shape index (κ1) is 25.1. The molecule has 8 nitrogen and oxygen atoms in total. The number of amides is 1. The number of carbonyl (C=O) groups is 2. The van der Waals surface area contributed by atoms with Gasteiger partial charge in [0, 0.05) is 5.02 Å². The number of fused-ring (bicyclic) bond motifs is 1. The van der Waals surface area contributed by atoms with Crippen molar-refractivity contribution >= 4 is 50.5 Å². The molecule has 0 radical (unpaired) electrons. The molecule has 4 aromatic carbocycles. The van der Waals surface area contributed by atoms with Crippen molar-refractivity contribution in [2.45, 2.75) is 4.90 Å². The number of sulfonamides is 1. The molecule has 0 aliphatic carbocycles. The number of rotatable bonds is 8. The number of halogens is 1. The highest BCUT2D eigenvalue weighted by Gasteiger charge is 2.15. The van der Waals surface area contributed by atoms with E-state index >= 15 is 0 Å². The molecule has 0 saturated heterocycles. The van der Waals surface area contributed by atoms with Crippen LogP contribution in [0.25, 0.3) is 10.8 Å². The second-order valence-corrected chi connectivity index (χ2v) is 9.76. The lowest BCUT2D eigenvalue weighted by Gasteiger charge is -2.07. The van der Waals surface area contributed by atoms with E-state index in [-0.39, 0.29) is 4.90 Å². The van der Waals surface area contributed by atoms with Gasteiger partial charge in [-0.15, -0.1) is 0 Å². The molecule has 4 aromatic rings. The Bertz CT molecular complexity index is 1530. The van der Waals surface area contributed by atoms with Crippen molar-refractivity contribution < 1.29 is 22.7 Å². The molecular weight excluding hydrogens is 502 g/mol. The second kappa shape index (κ2) is 11.1. The summed E-state index contributed by atoms with van der Waals surface area (Å²) in [7, 11) is -3.86. The Kier molecular flexibility index (Phi) is 7.74. The van der Waals surface area contributed by atoms with Crippen LogP contribution < -0.4 is 14.9 Å². The average Bonchev–Trinajstić information content (AvgIpc) is 2.88. The van der Waals surface area contributed by atoms with E-state index in [9.17, 15) is 18.0 Å². The standard InChI is InChI=1S/C26H20ClN3O5S/c27-20-10-14-22(15-11-20)36(33,34)29-17-25(31)30-28-16-18-8-12-21(13-9-18)35-26(32)24-7-3-5-19-4-1-2-6-23(19)24/h1-16,29H,17H2,(H,30,31). The summed E-state index contributed by atoms with van der Waals surface area (Å²) in [5.74, 6) is -0.767. The third-order valence-electron chi connectivity index (χ3n) is 5.05. The van der Waals surface area contributed by atoms with Crippen molar-refractivity contribution in [2.24, 2.45) is 5.10 Å². The fourth-order valence-electron chi connectivity index (χ4n) is 3.26. The van der Waals surface area contributed by atoms with E-state index in [1.54, 1.807) is 36.4 Å². The van der Waals surface area contributed by atoms with Gasteiger partial charge in [-0.3, -0.25) is 4.79 Å². The van der Waals surface area contributed by atoms with Crippen LogP contribution in [0, 0.1) is 0 Å². The van der Waals surface area contributed by atoms with Crippen LogP contribution in [0.5, 0.6) is 5.75 Å². The summed E-state index contributed by atoms with van der Waals surface area (Å²) < 4.78 is 32.1. The van der Waals surface area contributed by atoms with E-state index in [0.29, 0.717) is 21.9 Å². The highest BCUT2D eigenvalue weighted by molar-refractivity contribution is 7.89. The minimum atomic E-state index is -3.86. The molecule has 0 aliphatic heterocycles. The van der Waals surface area contributed by atoms with E-state index in [1.165, 1.54) is 30.5 Å². The van der Waals surface area contributed by atoms with Gasteiger partial charge >= 0.3 is 5.97 Å². The predicted molar refractivity (Wildman–Crippen MR) is 138 cm³/mol. The summed E-state index contributed by atoms with van der Waals surface area (Å²) in [6.45, 7) is -0.495. The molecule has 1 amide bonds. The number of benzene rings is 4. The van der Waals surface area contributed by atoms with Crippen LogP contribution in [-0.2, 0) is 14.8 Å². The molecule has 36 heavy (non-hydrogen) atoms. The first-order valence-electron chi connectivity index (χ1n) is 10.7. The van der Waals surface area contributed by atoms with Crippen molar-refractivity contribution in [3.05, 3.63) is 107 Å². The zero-order valence-electron chi connectivity index (χ0n) is 18.7. The molecule has 0 aromatic heterocycles. The summed E-state index contributed by atoms with van der Waals surface area (Å²) in [5.41, 5.74) is 3.34. The molecule has 0 heterocycles. The van der Waals surface area contributed by atoms with Crippen molar-refractivity contribution in [1.82, 2.24) is 10.1 Å². The first-order chi connectivity index (χ1) is 17.3. The van der Waals surface area contributed by atoms with Crippen LogP contribution in [0.4, 0.5) is 0 Å². The maximum Gasteiger partial charge on any atom is 0.344 e. The quantitative estimate of drug-likeness (QED) is 0.156. The Morgan fingerprint density at radius 2 is 1.58 bits per heavy atom. The number of ether oxygens (including phenoxy) is 1. The van der Waals surface area contributed by atoms with E-state index in [2.05, 4.69) is 15.2 Å². The van der Waals surface area contributed by atoms with Crippen molar-refractivity contribution in [3.8, 4) is 5.75 Å². The monoisotopic (exact) mass is 521 g/mol. The lowest BCUT2D eigenvalue weighted by Crippen LogP contribution is -2.34. The maximum atomic E-state index is 12.6.